The molecule has 0 spiro atoms. The van der Waals surface area contributed by atoms with Crippen molar-refractivity contribution in [1.29, 1.82) is 0 Å². The molecule has 9 N–H and O–H groups in total. The van der Waals surface area contributed by atoms with Crippen LogP contribution in [0.2, 0.25) is 0 Å². The molecule has 4 rings (SSSR count). The summed E-state index contributed by atoms with van der Waals surface area (Å²) >= 11 is 0. The van der Waals surface area contributed by atoms with Gasteiger partial charge in [-0.1, -0.05) is 54.6 Å². The van der Waals surface area contributed by atoms with Gasteiger partial charge in [0.2, 0.25) is 17.7 Å². The molecule has 13 nitrogen and oxygen atoms in total. The summed E-state index contributed by atoms with van der Waals surface area (Å²) in [5.41, 5.74) is 8.61. The third kappa shape index (κ3) is 9.92. The number of aliphatic carboxylic acids is 1. The van der Waals surface area contributed by atoms with Gasteiger partial charge in [0.25, 0.3) is 0 Å². The number of imidazole rings is 1. The van der Waals surface area contributed by atoms with Crippen LogP contribution in [0, 0.1) is 0 Å². The lowest BCUT2D eigenvalue weighted by Crippen LogP contribution is -2.58. The molecule has 0 aliphatic carbocycles. The average molecular weight is 629 g/mol. The molecule has 0 aliphatic heterocycles. The summed E-state index contributed by atoms with van der Waals surface area (Å²) in [6, 6.07) is 16.1. The Bertz CT molecular complexity index is 1600. The summed E-state index contributed by atoms with van der Waals surface area (Å²) in [6.45, 7) is 0. The van der Waals surface area contributed by atoms with Crippen LogP contribution >= 0.6 is 0 Å². The van der Waals surface area contributed by atoms with Crippen molar-refractivity contribution in [2.75, 3.05) is 0 Å². The molecule has 0 saturated carbocycles. The van der Waals surface area contributed by atoms with Crippen molar-refractivity contribution in [3.8, 4) is 11.5 Å². The van der Waals surface area contributed by atoms with E-state index >= 15 is 0 Å². The van der Waals surface area contributed by atoms with Gasteiger partial charge in [0.05, 0.1) is 12.4 Å². The second-order valence-corrected chi connectivity index (χ2v) is 10.8. The molecular weight excluding hydrogens is 592 g/mol. The average Bonchev–Trinajstić information content (AvgIpc) is 3.55. The van der Waals surface area contributed by atoms with Crippen LogP contribution in [0.25, 0.3) is 0 Å². The van der Waals surface area contributed by atoms with E-state index in [1.807, 2.05) is 0 Å². The zero-order valence-corrected chi connectivity index (χ0v) is 24.8. The number of aromatic hydroxyl groups is 2. The normalized spacial score (nSPS) is 13.5. The lowest BCUT2D eigenvalue weighted by Gasteiger charge is -2.25. The molecule has 1 aromatic heterocycles. The molecular formula is C33H36N6O7. The summed E-state index contributed by atoms with van der Waals surface area (Å²) in [6.07, 6.45) is 3.07. The highest BCUT2D eigenvalue weighted by Crippen LogP contribution is 2.14. The maximum Gasteiger partial charge on any atom is 0.326 e. The first-order valence-electron chi connectivity index (χ1n) is 14.5. The molecule has 0 fully saturated rings. The van der Waals surface area contributed by atoms with E-state index in [-0.39, 0.29) is 37.2 Å². The Hall–Kier alpha value is -5.69. The zero-order valence-electron chi connectivity index (χ0n) is 24.8. The van der Waals surface area contributed by atoms with Crippen LogP contribution in [0.5, 0.6) is 11.5 Å². The zero-order chi connectivity index (χ0) is 33.1. The number of nitrogens with two attached hydrogens (primary N) is 1. The van der Waals surface area contributed by atoms with Gasteiger partial charge < -0.3 is 42.0 Å². The van der Waals surface area contributed by atoms with Crippen molar-refractivity contribution in [3.05, 3.63) is 114 Å². The van der Waals surface area contributed by atoms with Crippen LogP contribution in [-0.2, 0) is 44.9 Å². The van der Waals surface area contributed by atoms with Crippen LogP contribution < -0.4 is 21.7 Å². The predicted molar refractivity (Wildman–Crippen MR) is 167 cm³/mol. The second-order valence-electron chi connectivity index (χ2n) is 10.8. The fourth-order valence-electron chi connectivity index (χ4n) is 4.75. The fraction of sp³-hybridized carbons (Fsp3) is 0.242. The lowest BCUT2D eigenvalue weighted by atomic mass is 10.0. The molecule has 4 atom stereocenters. The van der Waals surface area contributed by atoms with E-state index in [0.29, 0.717) is 22.4 Å². The maximum absolute atomic E-state index is 13.8. The van der Waals surface area contributed by atoms with Crippen LogP contribution in [0.15, 0.2) is 91.4 Å². The summed E-state index contributed by atoms with van der Waals surface area (Å²) in [4.78, 5) is 59.4. The molecule has 1 heterocycles. The Morgan fingerprint density at radius 3 is 1.59 bits per heavy atom. The van der Waals surface area contributed by atoms with Crippen molar-refractivity contribution in [2.24, 2.45) is 5.73 Å². The molecule has 46 heavy (non-hydrogen) atoms. The van der Waals surface area contributed by atoms with E-state index in [4.69, 9.17) is 5.73 Å². The van der Waals surface area contributed by atoms with Crippen molar-refractivity contribution in [3.63, 3.8) is 0 Å². The number of hydrogen-bond acceptors (Lipinski definition) is 8. The van der Waals surface area contributed by atoms with Gasteiger partial charge in [0.15, 0.2) is 0 Å². The van der Waals surface area contributed by atoms with E-state index in [1.54, 1.807) is 54.6 Å². The summed E-state index contributed by atoms with van der Waals surface area (Å²) in [5, 5.41) is 37.2. The molecule has 3 amide bonds. The number of aromatic amines is 1. The van der Waals surface area contributed by atoms with E-state index < -0.39 is 47.9 Å². The molecule has 0 radical (unpaired) electrons. The highest BCUT2D eigenvalue weighted by molar-refractivity contribution is 5.94. The standard InChI is InChI=1S/C33H36N6O7/c34-26(17-23-18-35-19-36-23)30(42)37-27(14-21-6-10-24(40)11-7-21)31(43)38-28(15-22-8-12-25(41)13-9-22)32(44)39-29(33(45)46)16-20-4-2-1-3-5-20/h1-13,18-19,26-29,40-41H,14-17,34H2,(H,35,36)(H,37,42)(H,38,43)(H,39,44)(H,45,46). The van der Waals surface area contributed by atoms with E-state index in [0.717, 1.165) is 0 Å². The molecule has 240 valence electrons. The quantitative estimate of drug-likeness (QED) is 0.0938. The molecule has 13 heteroatoms. The maximum atomic E-state index is 13.8. The third-order valence-corrected chi connectivity index (χ3v) is 7.25. The molecule has 0 bridgehead atoms. The van der Waals surface area contributed by atoms with Gasteiger partial charge in [-0.2, -0.15) is 0 Å². The SMILES string of the molecule is NC(Cc1cnc[nH]1)C(=O)NC(Cc1ccc(O)cc1)C(=O)NC(Cc1ccc(O)cc1)C(=O)NC(Cc1ccccc1)C(=O)O. The van der Waals surface area contributed by atoms with Gasteiger partial charge in [0, 0.05) is 37.6 Å². The number of amides is 3. The Balaban J connectivity index is 1.56. The molecule has 3 aromatic carbocycles. The van der Waals surface area contributed by atoms with E-state index in [1.165, 1.54) is 36.8 Å². The van der Waals surface area contributed by atoms with Crippen LogP contribution in [0.3, 0.4) is 0 Å². The first kappa shape index (κ1) is 33.2. The summed E-state index contributed by atoms with van der Waals surface area (Å²) in [5.74, 6) is -3.33. The Labute approximate surface area is 264 Å². The fourth-order valence-corrected chi connectivity index (χ4v) is 4.75. The smallest absolute Gasteiger partial charge is 0.326 e. The molecule has 0 saturated heterocycles. The van der Waals surface area contributed by atoms with E-state index in [9.17, 15) is 34.5 Å². The van der Waals surface area contributed by atoms with Gasteiger partial charge in [-0.15, -0.1) is 0 Å². The number of rotatable bonds is 15. The number of nitrogens with zero attached hydrogens (tertiary/aromatic N) is 1. The summed E-state index contributed by atoms with van der Waals surface area (Å²) in [7, 11) is 0. The van der Waals surface area contributed by atoms with Crippen LogP contribution in [-0.4, -0.2) is 73.1 Å². The minimum Gasteiger partial charge on any atom is -0.508 e. The number of carboxylic acids is 1. The van der Waals surface area contributed by atoms with Crippen molar-refractivity contribution >= 4 is 23.7 Å². The number of carbonyl (C=O) groups is 4. The minimum atomic E-state index is -1.29. The number of carbonyl (C=O) groups excluding carboxylic acids is 3. The first-order chi connectivity index (χ1) is 22.1. The Morgan fingerprint density at radius 2 is 1.11 bits per heavy atom. The van der Waals surface area contributed by atoms with Crippen molar-refractivity contribution in [1.82, 2.24) is 25.9 Å². The van der Waals surface area contributed by atoms with Gasteiger partial charge >= 0.3 is 5.97 Å². The number of nitrogens with one attached hydrogen (secondary N) is 4. The topological polar surface area (TPSA) is 220 Å². The number of benzene rings is 3. The third-order valence-electron chi connectivity index (χ3n) is 7.25. The minimum absolute atomic E-state index is 0.00531. The number of hydrogen-bond donors (Lipinski definition) is 8. The van der Waals surface area contributed by atoms with Gasteiger partial charge in [-0.05, 0) is 41.0 Å². The number of H-pyrrole nitrogens is 1. The van der Waals surface area contributed by atoms with Gasteiger partial charge in [0.1, 0.15) is 29.6 Å². The van der Waals surface area contributed by atoms with Crippen LogP contribution in [0.1, 0.15) is 22.4 Å². The first-order valence-corrected chi connectivity index (χ1v) is 14.5. The molecule has 4 aromatic rings. The van der Waals surface area contributed by atoms with Gasteiger partial charge in [-0.3, -0.25) is 14.4 Å². The van der Waals surface area contributed by atoms with E-state index in [2.05, 4.69) is 25.9 Å². The van der Waals surface area contributed by atoms with Crippen molar-refractivity contribution < 1.29 is 34.5 Å². The Kier molecular flexibility index (Phi) is 11.5. The second kappa shape index (κ2) is 15.9. The summed E-state index contributed by atoms with van der Waals surface area (Å²) < 4.78 is 0. The monoisotopic (exact) mass is 628 g/mol. The lowest BCUT2D eigenvalue weighted by molar-refractivity contribution is -0.142. The van der Waals surface area contributed by atoms with Gasteiger partial charge in [-0.25, -0.2) is 9.78 Å². The highest BCUT2D eigenvalue weighted by atomic mass is 16.4. The van der Waals surface area contributed by atoms with Crippen molar-refractivity contribution in [2.45, 2.75) is 49.9 Å². The predicted octanol–water partition coefficient (Wildman–Crippen LogP) is 0.958. The number of carboxylic acid groups (broad SMARTS) is 1. The Morgan fingerprint density at radius 1 is 0.652 bits per heavy atom. The number of phenols is 2. The molecule has 4 unspecified atom stereocenters. The highest BCUT2D eigenvalue weighted by Gasteiger charge is 2.31. The largest absolute Gasteiger partial charge is 0.508 e. The number of phenolic OH excluding ortho intramolecular Hbond substituents is 2. The van der Waals surface area contributed by atoms with Crippen LogP contribution in [0.4, 0.5) is 0 Å². The molecule has 0 aliphatic rings. The number of aromatic nitrogens is 2.